The van der Waals surface area contributed by atoms with Crippen molar-refractivity contribution in [3.63, 3.8) is 0 Å². The number of likely N-dealkylation sites (N-methyl/N-ethyl adjacent to an activating group) is 1. The molecule has 1 saturated heterocycles. The quantitative estimate of drug-likeness (QED) is 0.563. The molecule has 2 amide bonds. The number of carbonyl (C=O) groups excluding carboxylic acids is 2. The zero-order valence-corrected chi connectivity index (χ0v) is 18.3. The number of amides is 2. The predicted octanol–water partition coefficient (Wildman–Crippen LogP) is 3.83. The van der Waals surface area contributed by atoms with Crippen LogP contribution in [-0.2, 0) is 16.0 Å². The van der Waals surface area contributed by atoms with Gasteiger partial charge in [-0.1, -0.05) is 41.6 Å². The first-order valence-corrected chi connectivity index (χ1v) is 10.4. The highest BCUT2D eigenvalue weighted by atomic mass is 35.5. The number of rotatable bonds is 5. The van der Waals surface area contributed by atoms with E-state index in [2.05, 4.69) is 5.32 Å². The van der Waals surface area contributed by atoms with Crippen molar-refractivity contribution in [2.24, 2.45) is 0 Å². The minimum Gasteiger partial charge on any atom is -0.497 e. The van der Waals surface area contributed by atoms with Crippen LogP contribution in [0, 0.1) is 18.3 Å². The van der Waals surface area contributed by atoms with Crippen LogP contribution in [-0.4, -0.2) is 31.2 Å². The van der Waals surface area contributed by atoms with Gasteiger partial charge in [0.25, 0.3) is 5.91 Å². The van der Waals surface area contributed by atoms with Crippen LogP contribution in [0.15, 0.2) is 53.1 Å². The second-order valence-corrected chi connectivity index (χ2v) is 8.24. The van der Waals surface area contributed by atoms with Crippen molar-refractivity contribution < 1.29 is 14.3 Å². The molecule has 0 unspecified atom stereocenters. The third kappa shape index (κ3) is 4.30. The average Bonchev–Trinajstić information content (AvgIpc) is 3.06. The molecular weight excluding hydrogens is 422 g/mol. The molecule has 1 aliphatic rings. The highest BCUT2D eigenvalue weighted by Crippen LogP contribution is 2.42. The lowest BCUT2D eigenvalue weighted by Gasteiger charge is -2.19. The van der Waals surface area contributed by atoms with E-state index in [-0.39, 0.29) is 11.5 Å². The molecule has 0 aromatic heterocycles. The summed E-state index contributed by atoms with van der Waals surface area (Å²) in [5.41, 5.74) is 2.28. The van der Waals surface area contributed by atoms with Gasteiger partial charge >= 0.3 is 0 Å². The normalized spacial score (nSPS) is 17.5. The molecule has 0 spiro atoms. The van der Waals surface area contributed by atoms with Crippen LogP contribution in [0.3, 0.4) is 0 Å². The molecule has 0 bridgehead atoms. The van der Waals surface area contributed by atoms with Gasteiger partial charge < -0.3 is 10.1 Å². The molecule has 2 aromatic carbocycles. The monoisotopic (exact) mass is 441 g/mol. The minimum atomic E-state index is -0.542. The Morgan fingerprint density at radius 1 is 1.33 bits per heavy atom. The van der Waals surface area contributed by atoms with Crippen LogP contribution < -0.4 is 15.0 Å². The highest BCUT2D eigenvalue weighted by Gasteiger charge is 2.40. The zero-order chi connectivity index (χ0) is 21.8. The highest BCUT2D eigenvalue weighted by molar-refractivity contribution is 8.05. The number of nitrogens with zero attached hydrogens (tertiary/aromatic N) is 2. The van der Waals surface area contributed by atoms with Crippen LogP contribution in [0.5, 0.6) is 5.75 Å². The molecule has 0 saturated carbocycles. The summed E-state index contributed by atoms with van der Waals surface area (Å²) >= 11 is 7.44. The van der Waals surface area contributed by atoms with Gasteiger partial charge in [-0.15, -0.1) is 0 Å². The van der Waals surface area contributed by atoms with E-state index in [9.17, 15) is 14.9 Å². The molecule has 1 heterocycles. The first kappa shape index (κ1) is 21.8. The average molecular weight is 442 g/mol. The lowest BCUT2D eigenvalue weighted by Crippen LogP contribution is -2.31. The van der Waals surface area contributed by atoms with E-state index < -0.39 is 11.2 Å². The zero-order valence-electron chi connectivity index (χ0n) is 16.7. The summed E-state index contributed by atoms with van der Waals surface area (Å²) in [6.07, 6.45) is 0.417. The van der Waals surface area contributed by atoms with Crippen LogP contribution in [0.25, 0.3) is 0 Å². The summed E-state index contributed by atoms with van der Waals surface area (Å²) in [6.45, 7) is 1.91. The van der Waals surface area contributed by atoms with Gasteiger partial charge in [0.15, 0.2) is 0 Å². The van der Waals surface area contributed by atoms with Gasteiger partial charge in [0.05, 0.1) is 18.0 Å². The molecule has 154 valence electrons. The Bertz CT molecular complexity index is 1080. The van der Waals surface area contributed by atoms with Gasteiger partial charge in [0.1, 0.15) is 22.4 Å². The molecule has 0 radical (unpaired) electrons. The third-order valence-electron chi connectivity index (χ3n) is 4.70. The van der Waals surface area contributed by atoms with Crippen molar-refractivity contribution >= 4 is 40.9 Å². The molecule has 3 rings (SSSR count). The van der Waals surface area contributed by atoms with Crippen LogP contribution in [0.4, 0.5) is 5.69 Å². The van der Waals surface area contributed by atoms with Crippen molar-refractivity contribution in [3.05, 3.63) is 69.2 Å². The van der Waals surface area contributed by atoms with Gasteiger partial charge in [-0.25, -0.2) is 0 Å². The van der Waals surface area contributed by atoms with E-state index in [0.29, 0.717) is 27.9 Å². The Labute approximate surface area is 184 Å². The van der Waals surface area contributed by atoms with E-state index in [0.717, 1.165) is 11.1 Å². The molecule has 6 nitrogen and oxygen atoms in total. The number of anilines is 1. The van der Waals surface area contributed by atoms with Gasteiger partial charge in [-0.05, 0) is 42.7 Å². The molecule has 1 atom stereocenters. The first-order chi connectivity index (χ1) is 14.4. The second-order valence-electron chi connectivity index (χ2n) is 6.64. The summed E-state index contributed by atoms with van der Waals surface area (Å²) in [5, 5.41) is 12.5. The lowest BCUT2D eigenvalue weighted by atomic mass is 10.1. The number of carbonyl (C=O) groups is 2. The second kappa shape index (κ2) is 9.24. The Hall–Kier alpha value is -2.95. The molecule has 30 heavy (non-hydrogen) atoms. The predicted molar refractivity (Wildman–Crippen MR) is 118 cm³/mol. The Morgan fingerprint density at radius 3 is 2.73 bits per heavy atom. The summed E-state index contributed by atoms with van der Waals surface area (Å²) < 4.78 is 5.27. The molecule has 0 aliphatic carbocycles. The SMILES string of the molecule is CNC(=O)/C(C#N)=C1\S[C@@H](Cc2ccc(C)c(Cl)c2)C(=O)N1c1cccc(OC)c1. The number of hydrogen-bond donors (Lipinski definition) is 1. The Balaban J connectivity index is 2.05. The summed E-state index contributed by atoms with van der Waals surface area (Å²) in [6, 6.07) is 14.6. The fraction of sp³-hybridized carbons (Fsp3) is 0.227. The maximum Gasteiger partial charge on any atom is 0.264 e. The fourth-order valence-corrected chi connectivity index (χ4v) is 4.59. The molecular formula is C22H20ClN3O3S. The number of methoxy groups -OCH3 is 1. The van der Waals surface area contributed by atoms with E-state index >= 15 is 0 Å². The lowest BCUT2D eigenvalue weighted by molar-refractivity contribution is -0.117. The summed E-state index contributed by atoms with van der Waals surface area (Å²) in [5.74, 6) is -0.187. The largest absolute Gasteiger partial charge is 0.497 e. The van der Waals surface area contributed by atoms with E-state index in [1.54, 1.807) is 24.3 Å². The number of halogens is 1. The Kier molecular flexibility index (Phi) is 6.70. The number of benzene rings is 2. The molecule has 1 N–H and O–H groups in total. The Morgan fingerprint density at radius 2 is 2.10 bits per heavy atom. The van der Waals surface area contributed by atoms with Crippen molar-refractivity contribution in [2.75, 3.05) is 19.1 Å². The molecule has 1 fully saturated rings. The number of nitriles is 1. The number of hydrogen-bond acceptors (Lipinski definition) is 5. The van der Waals surface area contributed by atoms with Gasteiger partial charge in [0, 0.05) is 18.1 Å². The molecule has 1 aliphatic heterocycles. The van der Waals surface area contributed by atoms with Crippen molar-refractivity contribution in [1.29, 1.82) is 5.26 Å². The van der Waals surface area contributed by atoms with Crippen molar-refractivity contribution in [1.82, 2.24) is 5.32 Å². The maximum atomic E-state index is 13.4. The van der Waals surface area contributed by atoms with E-state index in [4.69, 9.17) is 16.3 Å². The van der Waals surface area contributed by atoms with E-state index in [1.165, 1.54) is 30.8 Å². The van der Waals surface area contributed by atoms with Gasteiger partial charge in [-0.2, -0.15) is 5.26 Å². The smallest absolute Gasteiger partial charge is 0.264 e. The first-order valence-electron chi connectivity index (χ1n) is 9.15. The fourth-order valence-electron chi connectivity index (χ4n) is 3.07. The summed E-state index contributed by atoms with van der Waals surface area (Å²) in [4.78, 5) is 27.1. The van der Waals surface area contributed by atoms with Gasteiger partial charge in [-0.3, -0.25) is 14.5 Å². The van der Waals surface area contributed by atoms with Crippen molar-refractivity contribution in [3.8, 4) is 11.8 Å². The number of nitrogens with one attached hydrogen (secondary N) is 1. The van der Waals surface area contributed by atoms with Crippen LogP contribution in [0.2, 0.25) is 5.02 Å². The van der Waals surface area contributed by atoms with Gasteiger partial charge in [0.2, 0.25) is 5.91 Å². The number of aryl methyl sites for hydroxylation is 1. The molecule has 8 heteroatoms. The molecule has 2 aromatic rings. The summed E-state index contributed by atoms with van der Waals surface area (Å²) in [7, 11) is 2.98. The van der Waals surface area contributed by atoms with Crippen molar-refractivity contribution in [2.45, 2.75) is 18.6 Å². The standard InChI is InChI=1S/C22H20ClN3O3S/c1-13-7-8-14(9-18(13)23)10-19-21(28)26(15-5-4-6-16(11-15)29-3)22(30-19)17(12-24)20(27)25-2/h4-9,11,19H,10H2,1-3H3,(H,25,27)/b22-17-/t19-/m0/s1. The minimum absolute atomic E-state index is 0.108. The third-order valence-corrected chi connectivity index (χ3v) is 6.37. The van der Waals surface area contributed by atoms with Crippen LogP contribution >= 0.6 is 23.4 Å². The topological polar surface area (TPSA) is 82.4 Å². The maximum absolute atomic E-state index is 13.4. The number of ether oxygens (including phenoxy) is 1. The number of thioether (sulfide) groups is 1. The van der Waals surface area contributed by atoms with Crippen LogP contribution in [0.1, 0.15) is 11.1 Å². The van der Waals surface area contributed by atoms with E-state index in [1.807, 2.05) is 31.2 Å².